The van der Waals surface area contributed by atoms with Crippen molar-refractivity contribution in [2.24, 2.45) is 0 Å². The van der Waals surface area contributed by atoms with E-state index in [1.165, 1.54) is 11.5 Å². The first-order valence-corrected chi connectivity index (χ1v) is 5.15. The van der Waals surface area contributed by atoms with Gasteiger partial charge in [-0.2, -0.15) is 4.37 Å². The minimum absolute atomic E-state index is 0.451. The van der Waals surface area contributed by atoms with Crippen molar-refractivity contribution < 1.29 is 14.6 Å². The second-order valence-corrected chi connectivity index (χ2v) is 4.31. The van der Waals surface area contributed by atoms with Gasteiger partial charge in [0.25, 0.3) is 0 Å². The molecule has 0 spiro atoms. The number of carboxylic acid groups (broad SMARTS) is 1. The number of aliphatic carboxylic acids is 1. The quantitative estimate of drug-likeness (QED) is 0.821. The van der Waals surface area contributed by atoms with E-state index in [0.29, 0.717) is 6.61 Å². The summed E-state index contributed by atoms with van der Waals surface area (Å²) in [6, 6.07) is 1.84. The Morgan fingerprint density at radius 3 is 3.00 bits per heavy atom. The van der Waals surface area contributed by atoms with E-state index in [-0.39, 0.29) is 0 Å². The van der Waals surface area contributed by atoms with Crippen molar-refractivity contribution in [3.63, 3.8) is 0 Å². The van der Waals surface area contributed by atoms with Crippen molar-refractivity contribution in [2.75, 3.05) is 7.11 Å². The van der Waals surface area contributed by atoms with E-state index in [2.05, 4.69) is 4.37 Å². The Hall–Kier alpha value is -0.940. The van der Waals surface area contributed by atoms with Gasteiger partial charge < -0.3 is 9.84 Å². The van der Waals surface area contributed by atoms with Gasteiger partial charge in [0.05, 0.1) is 12.3 Å². The van der Waals surface area contributed by atoms with E-state index in [9.17, 15) is 4.79 Å². The fraction of sp³-hybridized carbons (Fsp3) is 0.556. The van der Waals surface area contributed by atoms with Gasteiger partial charge in [-0.3, -0.25) is 4.79 Å². The maximum absolute atomic E-state index is 11.0. The molecule has 1 fully saturated rings. The molecule has 1 saturated carbocycles. The van der Waals surface area contributed by atoms with E-state index in [0.717, 1.165) is 23.4 Å². The zero-order chi connectivity index (χ0) is 10.2. The van der Waals surface area contributed by atoms with E-state index in [4.69, 9.17) is 9.84 Å². The second kappa shape index (κ2) is 3.33. The number of aromatic nitrogens is 1. The molecule has 0 aliphatic heterocycles. The highest BCUT2D eigenvalue weighted by molar-refractivity contribution is 7.06. The summed E-state index contributed by atoms with van der Waals surface area (Å²) in [5.74, 6) is -0.731. The maximum Gasteiger partial charge on any atom is 0.315 e. The highest BCUT2D eigenvalue weighted by Crippen LogP contribution is 2.50. The molecule has 0 unspecified atom stereocenters. The Labute approximate surface area is 85.7 Å². The largest absolute Gasteiger partial charge is 0.481 e. The van der Waals surface area contributed by atoms with E-state index in [1.807, 2.05) is 6.07 Å². The van der Waals surface area contributed by atoms with Crippen molar-refractivity contribution in [1.82, 2.24) is 4.37 Å². The number of nitrogens with zero attached hydrogens (tertiary/aromatic N) is 1. The molecule has 0 saturated heterocycles. The molecule has 1 aromatic heterocycles. The number of hydrogen-bond acceptors (Lipinski definition) is 4. The lowest BCUT2D eigenvalue weighted by atomic mass is 10.1. The van der Waals surface area contributed by atoms with Gasteiger partial charge in [0.2, 0.25) is 0 Å². The van der Waals surface area contributed by atoms with Crippen LogP contribution in [0.1, 0.15) is 23.4 Å². The summed E-state index contributed by atoms with van der Waals surface area (Å²) in [7, 11) is 1.60. The fourth-order valence-electron chi connectivity index (χ4n) is 1.44. The molecular formula is C9H11NO3S. The molecule has 76 valence electrons. The Balaban J connectivity index is 2.21. The zero-order valence-corrected chi connectivity index (χ0v) is 8.63. The topological polar surface area (TPSA) is 59.4 Å². The van der Waals surface area contributed by atoms with Gasteiger partial charge in [0.1, 0.15) is 5.41 Å². The first kappa shape index (κ1) is 9.61. The molecule has 0 atom stereocenters. The van der Waals surface area contributed by atoms with Gasteiger partial charge in [-0.25, -0.2) is 0 Å². The SMILES string of the molecule is COCc1cc(C2(C(=O)O)CC2)sn1. The average molecular weight is 213 g/mol. The predicted octanol–water partition coefficient (Wildman–Crippen LogP) is 1.41. The third-order valence-electron chi connectivity index (χ3n) is 2.48. The smallest absolute Gasteiger partial charge is 0.315 e. The average Bonchev–Trinajstić information content (AvgIpc) is 2.84. The lowest BCUT2D eigenvalue weighted by Gasteiger charge is -2.03. The van der Waals surface area contributed by atoms with Gasteiger partial charge in [-0.15, -0.1) is 0 Å². The van der Waals surface area contributed by atoms with Crippen molar-refractivity contribution in [1.29, 1.82) is 0 Å². The van der Waals surface area contributed by atoms with Gasteiger partial charge in [-0.1, -0.05) is 0 Å². The van der Waals surface area contributed by atoms with Crippen LogP contribution in [0, 0.1) is 0 Å². The Morgan fingerprint density at radius 2 is 2.50 bits per heavy atom. The highest BCUT2D eigenvalue weighted by Gasteiger charge is 2.53. The molecule has 0 radical (unpaired) electrons. The minimum atomic E-state index is -0.731. The van der Waals surface area contributed by atoms with Crippen LogP contribution in [0.3, 0.4) is 0 Å². The van der Waals surface area contributed by atoms with Crippen LogP contribution in [0.5, 0.6) is 0 Å². The number of methoxy groups -OCH3 is 1. The van der Waals surface area contributed by atoms with Crippen LogP contribution < -0.4 is 0 Å². The molecule has 0 amide bonds. The van der Waals surface area contributed by atoms with E-state index < -0.39 is 11.4 Å². The molecule has 14 heavy (non-hydrogen) atoms. The van der Waals surface area contributed by atoms with E-state index in [1.54, 1.807) is 7.11 Å². The Morgan fingerprint density at radius 1 is 1.79 bits per heavy atom. The predicted molar refractivity (Wildman–Crippen MR) is 51.4 cm³/mol. The van der Waals surface area contributed by atoms with Gasteiger partial charge in [-0.05, 0) is 30.4 Å². The van der Waals surface area contributed by atoms with Gasteiger partial charge in [0.15, 0.2) is 0 Å². The molecule has 1 aliphatic carbocycles. The summed E-state index contributed by atoms with van der Waals surface area (Å²) in [5, 5.41) is 9.04. The van der Waals surface area contributed by atoms with Crippen molar-refractivity contribution in [3.8, 4) is 0 Å². The van der Waals surface area contributed by atoms with Crippen LogP contribution >= 0.6 is 11.5 Å². The second-order valence-electron chi connectivity index (χ2n) is 3.50. The zero-order valence-electron chi connectivity index (χ0n) is 7.82. The van der Waals surface area contributed by atoms with Gasteiger partial charge in [0, 0.05) is 12.0 Å². The number of carboxylic acids is 1. The summed E-state index contributed by atoms with van der Waals surface area (Å²) in [5.41, 5.74) is 0.198. The first-order chi connectivity index (χ1) is 6.69. The Kier molecular flexibility index (Phi) is 2.28. The highest BCUT2D eigenvalue weighted by atomic mass is 32.1. The third-order valence-corrected chi connectivity index (χ3v) is 3.51. The number of hydrogen-bond donors (Lipinski definition) is 1. The monoisotopic (exact) mass is 213 g/mol. The molecule has 1 aliphatic rings. The number of ether oxygens (including phenoxy) is 1. The van der Waals surface area contributed by atoms with Crippen LogP contribution in [0.25, 0.3) is 0 Å². The van der Waals surface area contributed by atoms with Gasteiger partial charge >= 0.3 is 5.97 Å². The molecule has 5 heteroatoms. The summed E-state index contributed by atoms with van der Waals surface area (Å²) in [4.78, 5) is 11.9. The molecule has 0 aromatic carbocycles. The standard InChI is InChI=1S/C9H11NO3S/c1-13-5-6-4-7(14-10-6)9(2-3-9)8(11)12/h4H,2-3,5H2,1H3,(H,11,12). The van der Waals surface area contributed by atoms with Crippen molar-refractivity contribution in [3.05, 3.63) is 16.6 Å². The Bertz CT molecular complexity index is 357. The minimum Gasteiger partial charge on any atom is -0.481 e. The van der Waals surface area contributed by atoms with Crippen LogP contribution in [0.4, 0.5) is 0 Å². The lowest BCUT2D eigenvalue weighted by Crippen LogP contribution is -2.17. The summed E-state index contributed by atoms with van der Waals surface area (Å²) >= 11 is 1.28. The molecular weight excluding hydrogens is 202 g/mol. The number of rotatable bonds is 4. The van der Waals surface area contributed by atoms with Crippen molar-refractivity contribution in [2.45, 2.75) is 24.9 Å². The summed E-state index contributed by atoms with van der Waals surface area (Å²) < 4.78 is 9.08. The molecule has 1 aromatic rings. The normalized spacial score (nSPS) is 18.1. The molecule has 1 heterocycles. The van der Waals surface area contributed by atoms with Crippen LogP contribution in [-0.4, -0.2) is 22.6 Å². The van der Waals surface area contributed by atoms with Crippen LogP contribution in [-0.2, 0) is 21.6 Å². The first-order valence-electron chi connectivity index (χ1n) is 4.37. The molecule has 0 bridgehead atoms. The lowest BCUT2D eigenvalue weighted by molar-refractivity contribution is -0.139. The molecule has 2 rings (SSSR count). The van der Waals surface area contributed by atoms with E-state index >= 15 is 0 Å². The molecule has 4 nitrogen and oxygen atoms in total. The van der Waals surface area contributed by atoms with Crippen LogP contribution in [0.2, 0.25) is 0 Å². The van der Waals surface area contributed by atoms with Crippen molar-refractivity contribution >= 4 is 17.5 Å². The van der Waals surface area contributed by atoms with Crippen LogP contribution in [0.15, 0.2) is 6.07 Å². The molecule has 1 N–H and O–H groups in total. The third kappa shape index (κ3) is 1.42. The summed E-state index contributed by atoms with van der Waals surface area (Å²) in [6.07, 6.45) is 1.47. The summed E-state index contributed by atoms with van der Waals surface area (Å²) in [6.45, 7) is 0.451. The fourth-order valence-corrected chi connectivity index (χ4v) is 2.42. The number of carbonyl (C=O) groups is 1. The maximum atomic E-state index is 11.0.